The highest BCUT2D eigenvalue weighted by atomic mass is 32.2. The molecule has 1 atom stereocenters. The molecule has 1 heterocycles. The number of rotatable bonds is 10. The highest BCUT2D eigenvalue weighted by molar-refractivity contribution is 8.00. The zero-order valence-corrected chi connectivity index (χ0v) is 24.2. The van der Waals surface area contributed by atoms with Crippen molar-refractivity contribution in [2.45, 2.75) is 37.3 Å². The summed E-state index contributed by atoms with van der Waals surface area (Å²) in [4.78, 5) is 40.6. The largest absolute Gasteiger partial charge is 0.325 e. The monoisotopic (exact) mass is 569 g/mol. The molecule has 3 amide bonds. The van der Waals surface area contributed by atoms with Crippen molar-refractivity contribution in [1.82, 2.24) is 5.32 Å². The molecule has 0 bridgehead atoms. The first kappa shape index (κ1) is 28.9. The number of carbonyl (C=O) groups excluding carboxylic acids is 3. The maximum absolute atomic E-state index is 13.2. The molecule has 0 fully saturated rings. The lowest BCUT2D eigenvalue weighted by Gasteiger charge is -2.16. The Morgan fingerprint density at radius 3 is 2.33 bits per heavy atom. The molecule has 0 radical (unpaired) electrons. The van der Waals surface area contributed by atoms with E-state index in [0.29, 0.717) is 11.3 Å². The minimum Gasteiger partial charge on any atom is -0.325 e. The SMILES string of the molecule is CCc1cccc(C)c1NC(=O)C(C)Sc1ccc(NC(=O)/C(=C/c2cccs2)NC(=O)c2ccccc2)cc1. The van der Waals surface area contributed by atoms with Gasteiger partial charge in [0.1, 0.15) is 5.70 Å². The van der Waals surface area contributed by atoms with Gasteiger partial charge in [-0.05, 0) is 85.3 Å². The zero-order valence-electron chi connectivity index (χ0n) is 22.6. The number of benzene rings is 3. The molecule has 3 N–H and O–H groups in total. The topological polar surface area (TPSA) is 87.3 Å². The molecule has 204 valence electrons. The Morgan fingerprint density at radius 2 is 1.65 bits per heavy atom. The average Bonchev–Trinajstić information content (AvgIpc) is 3.48. The molecule has 0 aliphatic rings. The number of carbonyl (C=O) groups is 3. The van der Waals surface area contributed by atoms with Gasteiger partial charge in [0.15, 0.2) is 0 Å². The second kappa shape index (κ2) is 13.8. The summed E-state index contributed by atoms with van der Waals surface area (Å²) >= 11 is 2.91. The van der Waals surface area contributed by atoms with E-state index in [1.807, 2.05) is 67.8 Å². The number of nitrogens with one attached hydrogen (secondary N) is 3. The number of amides is 3. The Hall–Kier alpha value is -4.14. The van der Waals surface area contributed by atoms with Gasteiger partial charge in [-0.25, -0.2) is 0 Å². The predicted molar refractivity (Wildman–Crippen MR) is 166 cm³/mol. The molecule has 8 heteroatoms. The van der Waals surface area contributed by atoms with Crippen LogP contribution >= 0.6 is 23.1 Å². The van der Waals surface area contributed by atoms with Gasteiger partial charge in [-0.2, -0.15) is 0 Å². The van der Waals surface area contributed by atoms with Gasteiger partial charge in [-0.1, -0.05) is 49.4 Å². The highest BCUT2D eigenvalue weighted by Gasteiger charge is 2.18. The first-order valence-corrected chi connectivity index (χ1v) is 14.7. The maximum Gasteiger partial charge on any atom is 0.272 e. The minimum absolute atomic E-state index is 0.0658. The number of aryl methyl sites for hydroxylation is 2. The maximum atomic E-state index is 13.2. The van der Waals surface area contributed by atoms with Crippen LogP contribution in [-0.4, -0.2) is 23.0 Å². The van der Waals surface area contributed by atoms with Crippen LogP contribution in [0.3, 0.4) is 0 Å². The van der Waals surface area contributed by atoms with Crippen LogP contribution in [0.15, 0.2) is 101 Å². The summed E-state index contributed by atoms with van der Waals surface area (Å²) in [5.74, 6) is -0.867. The number of hydrogen-bond acceptors (Lipinski definition) is 5. The third kappa shape index (κ3) is 7.71. The summed E-state index contributed by atoms with van der Waals surface area (Å²) in [6.45, 7) is 5.94. The van der Waals surface area contributed by atoms with Crippen molar-refractivity contribution >= 4 is 58.3 Å². The molecule has 3 aromatic carbocycles. The molecule has 40 heavy (non-hydrogen) atoms. The minimum atomic E-state index is -0.434. The van der Waals surface area contributed by atoms with E-state index < -0.39 is 5.91 Å². The Balaban J connectivity index is 1.40. The predicted octanol–water partition coefficient (Wildman–Crippen LogP) is 7.15. The molecular formula is C32H31N3O3S2. The number of thiophene rings is 1. The lowest BCUT2D eigenvalue weighted by Crippen LogP contribution is -2.30. The fraction of sp³-hybridized carbons (Fsp3) is 0.156. The van der Waals surface area contributed by atoms with Crippen LogP contribution < -0.4 is 16.0 Å². The summed E-state index contributed by atoms with van der Waals surface area (Å²) < 4.78 is 0. The van der Waals surface area contributed by atoms with Gasteiger partial charge >= 0.3 is 0 Å². The second-order valence-electron chi connectivity index (χ2n) is 9.08. The van der Waals surface area contributed by atoms with Crippen LogP contribution in [0.25, 0.3) is 6.08 Å². The van der Waals surface area contributed by atoms with Crippen LogP contribution in [0.1, 0.15) is 40.2 Å². The Morgan fingerprint density at radius 1 is 0.900 bits per heavy atom. The van der Waals surface area contributed by atoms with Crippen LogP contribution in [-0.2, 0) is 16.0 Å². The Bertz CT molecular complexity index is 1500. The fourth-order valence-electron chi connectivity index (χ4n) is 3.96. The number of anilines is 2. The molecule has 0 saturated heterocycles. The van der Waals surface area contributed by atoms with E-state index in [0.717, 1.165) is 33.0 Å². The van der Waals surface area contributed by atoms with Crippen molar-refractivity contribution in [2.24, 2.45) is 0 Å². The standard InChI is InChI=1S/C32H31N3O3S2/c1-4-23-13-8-10-21(2)29(23)35-30(36)22(3)40-26-17-15-25(16-18-26)33-32(38)28(20-27-14-9-19-39-27)34-31(37)24-11-6-5-7-12-24/h5-20,22H,4H2,1-3H3,(H,33,38)(H,34,37)(H,35,36)/b28-20-. The Labute approximate surface area is 242 Å². The lowest BCUT2D eigenvalue weighted by atomic mass is 10.1. The molecule has 0 saturated carbocycles. The molecule has 0 spiro atoms. The first-order chi connectivity index (χ1) is 19.3. The van der Waals surface area contributed by atoms with Gasteiger partial charge in [-0.15, -0.1) is 23.1 Å². The number of hydrogen-bond donors (Lipinski definition) is 3. The van der Waals surface area contributed by atoms with Crippen molar-refractivity contribution in [2.75, 3.05) is 10.6 Å². The van der Waals surface area contributed by atoms with Gasteiger partial charge in [0.2, 0.25) is 5.91 Å². The van der Waals surface area contributed by atoms with E-state index in [4.69, 9.17) is 0 Å². The third-order valence-electron chi connectivity index (χ3n) is 6.14. The normalized spacial score (nSPS) is 11.9. The van der Waals surface area contributed by atoms with Crippen LogP contribution in [0.2, 0.25) is 0 Å². The van der Waals surface area contributed by atoms with Crippen molar-refractivity contribution in [1.29, 1.82) is 0 Å². The van der Waals surface area contributed by atoms with Gasteiger partial charge < -0.3 is 16.0 Å². The molecular weight excluding hydrogens is 539 g/mol. The van der Waals surface area contributed by atoms with Crippen molar-refractivity contribution in [3.8, 4) is 0 Å². The van der Waals surface area contributed by atoms with Gasteiger partial charge in [0, 0.05) is 26.7 Å². The first-order valence-electron chi connectivity index (χ1n) is 12.9. The smallest absolute Gasteiger partial charge is 0.272 e. The Kier molecular flexibility index (Phi) is 9.94. The van der Waals surface area contributed by atoms with E-state index in [-0.39, 0.29) is 22.8 Å². The molecule has 1 unspecified atom stereocenters. The summed E-state index contributed by atoms with van der Waals surface area (Å²) in [7, 11) is 0. The number of thioether (sulfide) groups is 1. The third-order valence-corrected chi connectivity index (χ3v) is 8.07. The van der Waals surface area contributed by atoms with Crippen LogP contribution in [0, 0.1) is 6.92 Å². The van der Waals surface area contributed by atoms with Gasteiger partial charge in [-0.3, -0.25) is 14.4 Å². The van der Waals surface area contributed by atoms with Gasteiger partial charge in [0.25, 0.3) is 11.8 Å². The van der Waals surface area contributed by atoms with E-state index >= 15 is 0 Å². The van der Waals surface area contributed by atoms with E-state index in [9.17, 15) is 14.4 Å². The summed E-state index contributed by atoms with van der Waals surface area (Å²) in [6, 6.07) is 25.8. The fourth-order valence-corrected chi connectivity index (χ4v) is 5.48. The molecule has 1 aromatic heterocycles. The molecule has 4 rings (SSSR count). The summed E-state index contributed by atoms with van der Waals surface area (Å²) in [5.41, 5.74) is 4.20. The second-order valence-corrected chi connectivity index (χ2v) is 11.5. The van der Waals surface area contributed by atoms with Crippen LogP contribution in [0.4, 0.5) is 11.4 Å². The van der Waals surface area contributed by atoms with Gasteiger partial charge in [0.05, 0.1) is 5.25 Å². The summed E-state index contributed by atoms with van der Waals surface area (Å²) in [5, 5.41) is 10.3. The van der Waals surface area contributed by atoms with E-state index in [1.54, 1.807) is 42.5 Å². The van der Waals surface area contributed by atoms with E-state index in [1.165, 1.54) is 23.1 Å². The van der Waals surface area contributed by atoms with Crippen LogP contribution in [0.5, 0.6) is 0 Å². The van der Waals surface area contributed by atoms with Crippen molar-refractivity contribution in [3.63, 3.8) is 0 Å². The molecule has 0 aliphatic carbocycles. The highest BCUT2D eigenvalue weighted by Crippen LogP contribution is 2.27. The zero-order chi connectivity index (χ0) is 28.5. The molecule has 0 aliphatic heterocycles. The van der Waals surface area contributed by atoms with Crippen molar-refractivity contribution in [3.05, 3.63) is 118 Å². The molecule has 4 aromatic rings. The summed E-state index contributed by atoms with van der Waals surface area (Å²) in [6.07, 6.45) is 2.50. The lowest BCUT2D eigenvalue weighted by molar-refractivity contribution is -0.115. The average molecular weight is 570 g/mol. The van der Waals surface area contributed by atoms with E-state index in [2.05, 4.69) is 22.9 Å². The quantitative estimate of drug-likeness (QED) is 0.140. The van der Waals surface area contributed by atoms with Crippen molar-refractivity contribution < 1.29 is 14.4 Å². The number of para-hydroxylation sites is 1. The molecule has 6 nitrogen and oxygen atoms in total.